The van der Waals surface area contributed by atoms with Gasteiger partial charge in [0.25, 0.3) is 5.91 Å². The summed E-state index contributed by atoms with van der Waals surface area (Å²) < 4.78 is 26.8. The van der Waals surface area contributed by atoms with Gasteiger partial charge in [0.2, 0.25) is 0 Å². The van der Waals surface area contributed by atoms with Gasteiger partial charge in [-0.05, 0) is 74.3 Å². The lowest BCUT2D eigenvalue weighted by atomic mass is 9.82. The van der Waals surface area contributed by atoms with E-state index in [1.807, 2.05) is 66.4 Å². The molecule has 4 rings (SSSR count). The quantitative estimate of drug-likeness (QED) is 0.687. The maximum Gasteiger partial charge on any atom is 0.506 e. The number of amides is 1. The van der Waals surface area contributed by atoms with Gasteiger partial charge in [0.15, 0.2) is 0 Å². The molecule has 164 valence electrons. The van der Waals surface area contributed by atoms with Crippen LogP contribution in [0.3, 0.4) is 0 Å². The molecule has 6 nitrogen and oxygen atoms in total. The molecule has 3 saturated heterocycles. The summed E-state index contributed by atoms with van der Waals surface area (Å²) in [7, 11) is -1.10. The van der Waals surface area contributed by atoms with Crippen molar-refractivity contribution in [3.8, 4) is 0 Å². The summed E-state index contributed by atoms with van der Waals surface area (Å²) in [5.74, 6) is 0.0382. The number of nitrogens with zero attached hydrogens (tertiary/aromatic N) is 1. The zero-order valence-electron chi connectivity index (χ0n) is 19.5. The summed E-state index contributed by atoms with van der Waals surface area (Å²) in [6, 6.07) is 1.92. The van der Waals surface area contributed by atoms with Crippen LogP contribution >= 0.6 is 11.3 Å². The van der Waals surface area contributed by atoms with Crippen LogP contribution < -0.4 is 9.55 Å². The van der Waals surface area contributed by atoms with Crippen LogP contribution in [0.25, 0.3) is 0 Å². The molecular weight excluding hydrogens is 400 g/mol. The zero-order chi connectivity index (χ0) is 22.1. The topological polar surface area (TPSA) is 57.2 Å². The molecule has 0 aromatic carbocycles. The molecule has 0 aliphatic carbocycles. The predicted octanol–water partition coefficient (Wildman–Crippen LogP) is 2.58. The minimum absolute atomic E-state index is 0.0382. The molecule has 1 aromatic heterocycles. The summed E-state index contributed by atoms with van der Waals surface area (Å²) >= 11 is 1.50. The summed E-state index contributed by atoms with van der Waals surface area (Å²) in [4.78, 5) is 15.3. The molecule has 1 aromatic rings. The molecule has 3 aliphatic rings. The fraction of sp³-hybridized carbons (Fsp3) is 0.762. The molecule has 0 bridgehead atoms. The highest BCUT2D eigenvalue weighted by Gasteiger charge is 2.55. The van der Waals surface area contributed by atoms with E-state index in [9.17, 15) is 4.79 Å². The Balaban J connectivity index is 1.71. The molecule has 0 radical (unpaired) electrons. The number of likely N-dealkylation sites (tertiary alicyclic amines) is 1. The average Bonchev–Trinajstić information content (AvgIpc) is 3.34. The van der Waals surface area contributed by atoms with Crippen LogP contribution in [0, 0.1) is 0 Å². The molecule has 0 spiro atoms. The second-order valence-electron chi connectivity index (χ2n) is 10.6. The molecule has 3 fully saturated rings. The first-order chi connectivity index (χ1) is 13.7. The molecule has 0 atom stereocenters. The van der Waals surface area contributed by atoms with E-state index in [0.29, 0.717) is 5.56 Å². The molecule has 9 heteroatoms. The van der Waals surface area contributed by atoms with Gasteiger partial charge >= 0.3 is 14.2 Å². The minimum atomic E-state index is -0.585. The van der Waals surface area contributed by atoms with Gasteiger partial charge in [-0.3, -0.25) is 4.79 Å². The van der Waals surface area contributed by atoms with E-state index in [1.54, 1.807) is 0 Å². The molecule has 0 saturated carbocycles. The van der Waals surface area contributed by atoms with Crippen molar-refractivity contribution in [2.45, 2.75) is 90.6 Å². The smallest absolute Gasteiger partial charge is 0.399 e. The number of rotatable bonds is 3. The molecule has 0 unspecified atom stereocenters. The van der Waals surface area contributed by atoms with Gasteiger partial charge in [-0.25, -0.2) is 0 Å². The number of hydrogen-bond donors (Lipinski definition) is 0. The van der Waals surface area contributed by atoms with Gasteiger partial charge in [-0.15, -0.1) is 0 Å². The van der Waals surface area contributed by atoms with Crippen molar-refractivity contribution < 1.29 is 23.4 Å². The second kappa shape index (κ2) is 7.07. The lowest BCUT2D eigenvalue weighted by Gasteiger charge is -2.32. The molecular formula is C21H33B2NO5S. The van der Waals surface area contributed by atoms with Gasteiger partial charge in [0.1, 0.15) is 0 Å². The molecule has 0 N–H and O–H groups in total. The van der Waals surface area contributed by atoms with E-state index in [1.165, 1.54) is 11.3 Å². The van der Waals surface area contributed by atoms with Crippen molar-refractivity contribution in [1.82, 2.24) is 4.90 Å². The third-order valence-electron chi connectivity index (χ3n) is 7.36. The minimum Gasteiger partial charge on any atom is -0.399 e. The lowest BCUT2D eigenvalue weighted by Crippen LogP contribution is -2.41. The Hall–Kier alpha value is -0.860. The lowest BCUT2D eigenvalue weighted by molar-refractivity contribution is 0.00578. The fourth-order valence-corrected chi connectivity index (χ4v) is 4.95. The Bertz CT molecular complexity index is 812. The fourth-order valence-electron chi connectivity index (χ4n) is 3.88. The van der Waals surface area contributed by atoms with Crippen molar-refractivity contribution in [3.05, 3.63) is 11.6 Å². The SMILES string of the molecule is CC1(C)OB(c2cc(C(=O)N3CCCC3)c(B3OC(C)(C)C(C)(C)O3)s2)OC1(C)C. The number of carbonyl (C=O) groups is 1. The van der Waals surface area contributed by atoms with E-state index in [4.69, 9.17) is 18.6 Å². The monoisotopic (exact) mass is 433 g/mol. The van der Waals surface area contributed by atoms with Crippen LogP contribution in [0.2, 0.25) is 0 Å². The number of carbonyl (C=O) groups excluding carboxylic acids is 1. The first kappa shape index (κ1) is 22.3. The van der Waals surface area contributed by atoms with Gasteiger partial charge in [-0.2, -0.15) is 11.3 Å². The van der Waals surface area contributed by atoms with E-state index in [-0.39, 0.29) is 5.91 Å². The summed E-state index contributed by atoms with van der Waals surface area (Å²) in [6.07, 6.45) is 2.09. The first-order valence-electron chi connectivity index (χ1n) is 10.9. The van der Waals surface area contributed by atoms with Crippen LogP contribution in [0.5, 0.6) is 0 Å². The van der Waals surface area contributed by atoms with E-state index in [2.05, 4.69) is 0 Å². The van der Waals surface area contributed by atoms with E-state index >= 15 is 0 Å². The van der Waals surface area contributed by atoms with E-state index in [0.717, 1.165) is 35.5 Å². The maximum absolute atomic E-state index is 13.4. The predicted molar refractivity (Wildman–Crippen MR) is 121 cm³/mol. The van der Waals surface area contributed by atoms with E-state index < -0.39 is 36.6 Å². The average molecular weight is 433 g/mol. The Labute approximate surface area is 184 Å². The highest BCUT2D eigenvalue weighted by molar-refractivity contribution is 7.30. The Morgan fingerprint density at radius 2 is 1.27 bits per heavy atom. The highest BCUT2D eigenvalue weighted by atomic mass is 32.1. The molecule has 1 amide bonds. The van der Waals surface area contributed by atoms with Gasteiger partial charge in [0, 0.05) is 28.2 Å². The number of thiophene rings is 1. The third-order valence-corrected chi connectivity index (χ3v) is 8.53. The van der Waals surface area contributed by atoms with Crippen LogP contribution in [0.1, 0.15) is 78.6 Å². The van der Waals surface area contributed by atoms with Crippen molar-refractivity contribution in [1.29, 1.82) is 0 Å². The number of hydrogen-bond acceptors (Lipinski definition) is 6. The van der Waals surface area contributed by atoms with Gasteiger partial charge < -0.3 is 23.5 Å². The zero-order valence-corrected chi connectivity index (χ0v) is 20.3. The molecule has 3 aliphatic heterocycles. The first-order valence-corrected chi connectivity index (χ1v) is 11.7. The molecule has 30 heavy (non-hydrogen) atoms. The van der Waals surface area contributed by atoms with Crippen LogP contribution in [-0.2, 0) is 18.6 Å². The van der Waals surface area contributed by atoms with Crippen molar-refractivity contribution in [2.24, 2.45) is 0 Å². The van der Waals surface area contributed by atoms with Crippen molar-refractivity contribution >= 4 is 41.0 Å². The normalized spacial score (nSPS) is 26.6. The van der Waals surface area contributed by atoms with Gasteiger partial charge in [-0.1, -0.05) is 0 Å². The Kier molecular flexibility index (Phi) is 5.27. The molecule has 4 heterocycles. The third kappa shape index (κ3) is 3.56. The van der Waals surface area contributed by atoms with Crippen LogP contribution in [0.15, 0.2) is 6.07 Å². The second-order valence-corrected chi connectivity index (χ2v) is 11.7. The van der Waals surface area contributed by atoms with Crippen molar-refractivity contribution in [3.63, 3.8) is 0 Å². The highest BCUT2D eigenvalue weighted by Crippen LogP contribution is 2.39. The Morgan fingerprint density at radius 1 is 0.833 bits per heavy atom. The standard InChI is InChI=1S/C21H33B2NO5S/c1-18(2)19(3,4)27-22(26-18)15-13-14(17(25)24-11-9-10-12-24)16(30-15)23-28-20(5,6)21(7,8)29-23/h13H,9-12H2,1-8H3. The summed E-state index contributed by atoms with van der Waals surface area (Å²) in [5.41, 5.74) is -1.18. The largest absolute Gasteiger partial charge is 0.506 e. The van der Waals surface area contributed by atoms with Crippen LogP contribution in [0.4, 0.5) is 0 Å². The summed E-state index contributed by atoms with van der Waals surface area (Å²) in [6.45, 7) is 17.8. The summed E-state index contributed by atoms with van der Waals surface area (Å²) in [5, 5.41) is 0. The maximum atomic E-state index is 13.4. The Morgan fingerprint density at radius 3 is 1.73 bits per heavy atom. The van der Waals surface area contributed by atoms with Gasteiger partial charge in [0.05, 0.1) is 22.4 Å². The van der Waals surface area contributed by atoms with Crippen molar-refractivity contribution in [2.75, 3.05) is 13.1 Å². The van der Waals surface area contributed by atoms with Crippen LogP contribution in [-0.4, -0.2) is 60.5 Å².